The first kappa shape index (κ1) is 41.0. The van der Waals surface area contributed by atoms with Crippen molar-refractivity contribution in [3.8, 4) is 0 Å². The van der Waals surface area contributed by atoms with E-state index in [4.69, 9.17) is 19.9 Å². The van der Waals surface area contributed by atoms with Gasteiger partial charge in [0.15, 0.2) is 0 Å². The molecule has 0 fully saturated rings. The molecule has 3 amide bonds. The number of nitrogens with one attached hydrogen (secondary N) is 3. The molecule has 0 aliphatic rings. The molecule has 0 saturated heterocycles. The van der Waals surface area contributed by atoms with E-state index in [1.165, 1.54) is 0 Å². The minimum Gasteiger partial charge on any atom is -0.460 e. The van der Waals surface area contributed by atoms with Gasteiger partial charge in [0.2, 0.25) is 5.91 Å². The Labute approximate surface area is 290 Å². The minimum atomic E-state index is -1.18. The van der Waals surface area contributed by atoms with Gasteiger partial charge in [-0.3, -0.25) is 9.59 Å². The maximum Gasteiger partial charge on any atom is 0.329 e. The van der Waals surface area contributed by atoms with Crippen LogP contribution in [0.5, 0.6) is 0 Å². The van der Waals surface area contributed by atoms with Crippen LogP contribution in [0.15, 0.2) is 42.5 Å². The third kappa shape index (κ3) is 16.7. The first-order chi connectivity index (χ1) is 22.6. The number of nitrogens with two attached hydrogens (primary N) is 1. The van der Waals surface area contributed by atoms with Crippen molar-refractivity contribution in [2.24, 2.45) is 5.73 Å². The highest BCUT2D eigenvalue weighted by Crippen LogP contribution is 2.17. The van der Waals surface area contributed by atoms with E-state index in [2.05, 4.69) is 16.0 Å². The Balaban J connectivity index is 1.97. The van der Waals surface area contributed by atoms with Gasteiger partial charge in [-0.1, -0.05) is 42.5 Å². The molecule has 0 heterocycles. The Morgan fingerprint density at radius 2 is 1.22 bits per heavy atom. The molecule has 12 heteroatoms. The second-order valence-corrected chi connectivity index (χ2v) is 15.2. The third-order valence-corrected chi connectivity index (χ3v) is 6.88. The summed E-state index contributed by atoms with van der Waals surface area (Å²) in [5, 5.41) is 10.2. The van der Waals surface area contributed by atoms with E-state index in [-0.39, 0.29) is 25.2 Å². The van der Waals surface area contributed by atoms with Crippen molar-refractivity contribution in [1.82, 2.24) is 16.0 Å². The van der Waals surface area contributed by atoms with Gasteiger partial charge in [-0.2, -0.15) is 0 Å². The van der Waals surface area contributed by atoms with E-state index < -0.39 is 58.9 Å². The summed E-state index contributed by atoms with van der Waals surface area (Å²) in [4.78, 5) is 64.2. The second-order valence-electron chi connectivity index (χ2n) is 15.2. The van der Waals surface area contributed by atoms with Crippen LogP contribution < -0.4 is 21.7 Å². The number of fused-ring (bicyclic) bond motifs is 1. The van der Waals surface area contributed by atoms with E-state index in [0.717, 1.165) is 16.3 Å². The molecule has 0 aliphatic heterocycles. The summed E-state index contributed by atoms with van der Waals surface area (Å²) < 4.78 is 16.3. The number of carbonyl (C=O) groups is 5. The lowest BCUT2D eigenvalue weighted by Gasteiger charge is -2.27. The number of esters is 3. The van der Waals surface area contributed by atoms with E-state index in [0.29, 0.717) is 25.8 Å². The van der Waals surface area contributed by atoms with Crippen LogP contribution in [0.1, 0.15) is 100.0 Å². The second kappa shape index (κ2) is 18.0. The molecular formula is C37H56N4O8. The molecule has 0 unspecified atom stereocenters. The topological polar surface area (TPSA) is 175 Å². The van der Waals surface area contributed by atoms with Crippen molar-refractivity contribution in [2.45, 2.75) is 136 Å². The smallest absolute Gasteiger partial charge is 0.329 e. The average Bonchev–Trinajstić information content (AvgIpc) is 2.95. The van der Waals surface area contributed by atoms with Crippen LogP contribution in [-0.2, 0) is 39.8 Å². The Morgan fingerprint density at radius 3 is 1.78 bits per heavy atom. The van der Waals surface area contributed by atoms with Gasteiger partial charge in [0.25, 0.3) is 0 Å². The number of rotatable bonds is 15. The summed E-state index contributed by atoms with van der Waals surface area (Å²) in [5.74, 6) is -2.19. The molecule has 2 aromatic rings. The number of hydrogen-bond acceptors (Lipinski definition) is 9. The van der Waals surface area contributed by atoms with Crippen LogP contribution in [0.2, 0.25) is 0 Å². The monoisotopic (exact) mass is 684 g/mol. The third-order valence-electron chi connectivity index (χ3n) is 6.88. The molecule has 0 saturated carbocycles. The van der Waals surface area contributed by atoms with Crippen LogP contribution in [0.4, 0.5) is 4.79 Å². The van der Waals surface area contributed by atoms with Crippen molar-refractivity contribution in [2.75, 3.05) is 6.54 Å². The first-order valence-electron chi connectivity index (χ1n) is 16.9. The summed E-state index contributed by atoms with van der Waals surface area (Å²) in [5.41, 5.74) is 4.78. The molecule has 0 spiro atoms. The number of carbonyl (C=O) groups excluding carboxylic acids is 5. The van der Waals surface area contributed by atoms with Gasteiger partial charge in [0.1, 0.15) is 28.9 Å². The average molecular weight is 685 g/mol. The molecule has 0 aliphatic carbocycles. The normalized spacial score (nSPS) is 13.8. The maximum atomic E-state index is 13.1. The number of hydrogen-bond donors (Lipinski definition) is 4. The Kier molecular flexibility index (Phi) is 15.0. The summed E-state index contributed by atoms with van der Waals surface area (Å²) in [6.07, 6.45) is 1.34. The zero-order valence-electron chi connectivity index (χ0n) is 30.6. The lowest BCUT2D eigenvalue weighted by Crippen LogP contribution is -2.53. The number of benzene rings is 2. The Hall–Kier alpha value is -4.19. The fourth-order valence-electron chi connectivity index (χ4n) is 4.79. The van der Waals surface area contributed by atoms with Crippen LogP contribution in [-0.4, -0.2) is 71.3 Å². The molecule has 0 radical (unpaired) electrons. The summed E-state index contributed by atoms with van der Waals surface area (Å²) in [6, 6.07) is 10.2. The van der Waals surface area contributed by atoms with Gasteiger partial charge in [0.05, 0.1) is 6.04 Å². The molecule has 12 nitrogen and oxygen atoms in total. The van der Waals surface area contributed by atoms with E-state index in [1.807, 2.05) is 42.5 Å². The van der Waals surface area contributed by atoms with Crippen LogP contribution in [0.25, 0.3) is 10.8 Å². The van der Waals surface area contributed by atoms with E-state index >= 15 is 0 Å². The Morgan fingerprint density at radius 1 is 0.694 bits per heavy atom. The molecule has 0 aromatic heterocycles. The van der Waals surface area contributed by atoms with Gasteiger partial charge in [-0.15, -0.1) is 0 Å². The number of urea groups is 1. The van der Waals surface area contributed by atoms with Crippen molar-refractivity contribution >= 4 is 40.6 Å². The highest BCUT2D eigenvalue weighted by atomic mass is 16.6. The van der Waals surface area contributed by atoms with E-state index in [1.54, 1.807) is 62.3 Å². The maximum absolute atomic E-state index is 13.1. The Bertz CT molecular complexity index is 1440. The lowest BCUT2D eigenvalue weighted by atomic mass is 10.0. The largest absolute Gasteiger partial charge is 0.460 e. The molecule has 3 atom stereocenters. The summed E-state index contributed by atoms with van der Waals surface area (Å²) >= 11 is 0. The van der Waals surface area contributed by atoms with Gasteiger partial charge in [-0.05, 0) is 111 Å². The van der Waals surface area contributed by atoms with Crippen molar-refractivity contribution in [3.63, 3.8) is 0 Å². The van der Waals surface area contributed by atoms with Gasteiger partial charge in [-0.25, -0.2) is 14.4 Å². The molecule has 5 N–H and O–H groups in total. The predicted octanol–water partition coefficient (Wildman–Crippen LogP) is 4.84. The molecule has 2 rings (SSSR count). The molecular weight excluding hydrogens is 628 g/mol. The number of ether oxygens (including phenoxy) is 3. The summed E-state index contributed by atoms with van der Waals surface area (Å²) in [7, 11) is 0. The van der Waals surface area contributed by atoms with Crippen molar-refractivity contribution in [3.05, 3.63) is 48.0 Å². The number of unbranched alkanes of at least 4 members (excludes halogenated alkanes) is 1. The zero-order chi connectivity index (χ0) is 37.0. The van der Waals surface area contributed by atoms with Gasteiger partial charge >= 0.3 is 23.9 Å². The lowest BCUT2D eigenvalue weighted by molar-refractivity contribution is -0.159. The summed E-state index contributed by atoms with van der Waals surface area (Å²) in [6.45, 7) is 15.7. The molecule has 0 bridgehead atoms. The fraction of sp³-hybridized carbons (Fsp3) is 0.595. The fourth-order valence-corrected chi connectivity index (χ4v) is 4.79. The standard InChI is InChI=1S/C37H56N4O8/c1-35(2,3)47-30(42)20-19-29(33(45)49-37(7,8)9)41-34(46)40-28(32(44)48-36(4,5)6)16-12-13-21-39-31(43)27(38)23-24-17-18-25-14-10-11-15-26(25)22-24/h10-11,14-15,17-18,22,27-29H,12-13,16,19-21,23,38H2,1-9H3,(H,39,43)(H2,40,41,46)/t27-,28-,29+/m0/s1. The zero-order valence-corrected chi connectivity index (χ0v) is 30.6. The highest BCUT2D eigenvalue weighted by molar-refractivity contribution is 5.88. The molecule has 272 valence electrons. The number of amides is 3. The van der Waals surface area contributed by atoms with Crippen molar-refractivity contribution < 1.29 is 38.2 Å². The quantitative estimate of drug-likeness (QED) is 0.116. The van der Waals surface area contributed by atoms with Crippen molar-refractivity contribution in [1.29, 1.82) is 0 Å². The van der Waals surface area contributed by atoms with Crippen LogP contribution >= 0.6 is 0 Å². The first-order valence-corrected chi connectivity index (χ1v) is 16.9. The SMILES string of the molecule is CC(C)(C)OC(=O)CC[C@@H](NC(=O)N[C@@H](CCCCNC(=O)[C@@H](N)Cc1ccc2ccccc2c1)C(=O)OC(C)(C)C)C(=O)OC(C)(C)C. The van der Waals surface area contributed by atoms with E-state index in [9.17, 15) is 24.0 Å². The highest BCUT2D eigenvalue weighted by Gasteiger charge is 2.31. The predicted molar refractivity (Wildman–Crippen MR) is 189 cm³/mol. The molecule has 49 heavy (non-hydrogen) atoms. The minimum absolute atomic E-state index is 0.0724. The molecule has 2 aromatic carbocycles. The van der Waals surface area contributed by atoms with Gasteiger partial charge < -0.3 is 35.9 Å². The van der Waals surface area contributed by atoms with Crippen LogP contribution in [0.3, 0.4) is 0 Å². The van der Waals surface area contributed by atoms with Gasteiger partial charge in [0, 0.05) is 13.0 Å². The van der Waals surface area contributed by atoms with Crippen LogP contribution in [0, 0.1) is 0 Å².